The molecule has 1 aliphatic rings. The second-order valence-corrected chi connectivity index (χ2v) is 6.69. The molecule has 1 fully saturated rings. The van der Waals surface area contributed by atoms with Gasteiger partial charge in [0, 0.05) is 20.2 Å². The fourth-order valence-corrected chi connectivity index (χ4v) is 3.26. The number of rotatable bonds is 4. The van der Waals surface area contributed by atoms with E-state index in [-0.39, 0.29) is 16.9 Å². The van der Waals surface area contributed by atoms with Gasteiger partial charge in [-0.1, -0.05) is 0 Å². The standard InChI is InChI=1S/C14H19NO5S/c1-14(2)8-15(6-9(20-14)7-19-3)12(16)10-4-5-11(21-10)13(17)18/h4-5,9H,6-8H2,1-3H3,(H,17,18). The molecule has 21 heavy (non-hydrogen) atoms. The van der Waals surface area contributed by atoms with Gasteiger partial charge in [-0.2, -0.15) is 0 Å². The summed E-state index contributed by atoms with van der Waals surface area (Å²) in [5.41, 5.74) is -0.454. The maximum absolute atomic E-state index is 12.5. The van der Waals surface area contributed by atoms with Gasteiger partial charge in [0.15, 0.2) is 0 Å². The summed E-state index contributed by atoms with van der Waals surface area (Å²) in [6.07, 6.45) is -0.179. The van der Waals surface area contributed by atoms with Gasteiger partial charge in [-0.3, -0.25) is 4.79 Å². The van der Waals surface area contributed by atoms with Crippen molar-refractivity contribution >= 4 is 23.2 Å². The van der Waals surface area contributed by atoms with Crippen molar-refractivity contribution in [2.24, 2.45) is 0 Å². The Morgan fingerprint density at radius 3 is 2.71 bits per heavy atom. The van der Waals surface area contributed by atoms with Crippen LogP contribution in [0.5, 0.6) is 0 Å². The highest BCUT2D eigenvalue weighted by Crippen LogP contribution is 2.25. The van der Waals surface area contributed by atoms with Crippen molar-refractivity contribution in [3.8, 4) is 0 Å². The molecule has 2 heterocycles. The van der Waals surface area contributed by atoms with Crippen molar-refractivity contribution in [1.82, 2.24) is 4.90 Å². The third-order valence-electron chi connectivity index (χ3n) is 3.15. The summed E-state index contributed by atoms with van der Waals surface area (Å²) < 4.78 is 11.0. The van der Waals surface area contributed by atoms with E-state index in [1.807, 2.05) is 13.8 Å². The summed E-state index contributed by atoms with van der Waals surface area (Å²) in [5.74, 6) is -1.18. The molecule has 1 amide bonds. The first-order chi connectivity index (χ1) is 9.82. The SMILES string of the molecule is COCC1CN(C(=O)c2ccc(C(=O)O)s2)CC(C)(C)O1. The number of carbonyl (C=O) groups excluding carboxylic acids is 1. The average molecular weight is 313 g/mol. The van der Waals surface area contributed by atoms with Crippen LogP contribution in [0.25, 0.3) is 0 Å². The van der Waals surface area contributed by atoms with Gasteiger partial charge in [0.2, 0.25) is 0 Å². The highest BCUT2D eigenvalue weighted by atomic mass is 32.1. The fourth-order valence-electron chi connectivity index (χ4n) is 2.45. The van der Waals surface area contributed by atoms with Gasteiger partial charge < -0.3 is 19.5 Å². The number of carboxylic acids is 1. The molecule has 1 saturated heterocycles. The van der Waals surface area contributed by atoms with E-state index in [2.05, 4.69) is 0 Å². The third-order valence-corrected chi connectivity index (χ3v) is 4.21. The van der Waals surface area contributed by atoms with E-state index in [9.17, 15) is 9.59 Å². The Balaban J connectivity index is 2.14. The molecule has 1 atom stereocenters. The number of aromatic carboxylic acids is 1. The molecular formula is C14H19NO5S. The molecular weight excluding hydrogens is 294 g/mol. The van der Waals surface area contributed by atoms with Crippen LogP contribution in [0.2, 0.25) is 0 Å². The number of amides is 1. The second-order valence-electron chi connectivity index (χ2n) is 5.61. The number of methoxy groups -OCH3 is 1. The first-order valence-corrected chi connectivity index (χ1v) is 7.43. The summed E-state index contributed by atoms with van der Waals surface area (Å²) in [4.78, 5) is 25.7. The van der Waals surface area contributed by atoms with E-state index in [0.717, 1.165) is 11.3 Å². The highest BCUT2D eigenvalue weighted by molar-refractivity contribution is 7.15. The van der Waals surface area contributed by atoms with Gasteiger partial charge in [-0.15, -0.1) is 11.3 Å². The second kappa shape index (κ2) is 6.13. The Kier molecular flexibility index (Phi) is 4.65. The molecule has 2 rings (SSSR count). The summed E-state index contributed by atoms with van der Waals surface area (Å²) in [5, 5.41) is 8.93. The van der Waals surface area contributed by atoms with Crippen molar-refractivity contribution in [2.75, 3.05) is 26.8 Å². The molecule has 0 saturated carbocycles. The van der Waals surface area contributed by atoms with E-state index >= 15 is 0 Å². The highest BCUT2D eigenvalue weighted by Gasteiger charge is 2.36. The lowest BCUT2D eigenvalue weighted by molar-refractivity contribution is -0.143. The monoisotopic (exact) mass is 313 g/mol. The number of ether oxygens (including phenoxy) is 2. The van der Waals surface area contributed by atoms with Gasteiger partial charge in [-0.05, 0) is 26.0 Å². The van der Waals surface area contributed by atoms with E-state index in [0.29, 0.717) is 24.6 Å². The molecule has 1 aliphatic heterocycles. The van der Waals surface area contributed by atoms with Crippen LogP contribution in [0.1, 0.15) is 33.2 Å². The lowest BCUT2D eigenvalue weighted by Gasteiger charge is -2.42. The van der Waals surface area contributed by atoms with Gasteiger partial charge in [0.05, 0.1) is 23.2 Å². The van der Waals surface area contributed by atoms with Crippen LogP contribution in [-0.4, -0.2) is 60.4 Å². The quantitative estimate of drug-likeness (QED) is 0.916. The van der Waals surface area contributed by atoms with E-state index in [1.54, 1.807) is 18.1 Å². The number of nitrogens with zero attached hydrogens (tertiary/aromatic N) is 1. The topological polar surface area (TPSA) is 76.1 Å². The predicted octanol–water partition coefficient (Wildman–Crippen LogP) is 1.71. The molecule has 1 aromatic rings. The molecule has 116 valence electrons. The average Bonchev–Trinajstić information content (AvgIpc) is 2.86. The van der Waals surface area contributed by atoms with Crippen LogP contribution in [0.4, 0.5) is 0 Å². The first-order valence-electron chi connectivity index (χ1n) is 6.61. The number of hydrogen-bond acceptors (Lipinski definition) is 5. The minimum atomic E-state index is -1.02. The van der Waals surface area contributed by atoms with Crippen molar-refractivity contribution in [3.63, 3.8) is 0 Å². The number of thiophene rings is 1. The van der Waals surface area contributed by atoms with Crippen LogP contribution in [-0.2, 0) is 9.47 Å². The van der Waals surface area contributed by atoms with Gasteiger partial charge in [0.25, 0.3) is 5.91 Å². The van der Waals surface area contributed by atoms with Crippen molar-refractivity contribution in [1.29, 1.82) is 0 Å². The van der Waals surface area contributed by atoms with Crippen molar-refractivity contribution in [2.45, 2.75) is 25.6 Å². The van der Waals surface area contributed by atoms with Crippen LogP contribution < -0.4 is 0 Å². The number of morpholine rings is 1. The Hall–Kier alpha value is -1.44. The van der Waals surface area contributed by atoms with Crippen LogP contribution in [0.15, 0.2) is 12.1 Å². The minimum Gasteiger partial charge on any atom is -0.477 e. The molecule has 1 aromatic heterocycles. The zero-order valence-electron chi connectivity index (χ0n) is 12.3. The molecule has 0 aromatic carbocycles. The lowest BCUT2D eigenvalue weighted by atomic mass is 10.1. The Labute approximate surface area is 127 Å². The zero-order chi connectivity index (χ0) is 15.6. The predicted molar refractivity (Wildman–Crippen MR) is 78.0 cm³/mol. The molecule has 0 aliphatic carbocycles. The smallest absolute Gasteiger partial charge is 0.345 e. The maximum Gasteiger partial charge on any atom is 0.345 e. The Morgan fingerprint density at radius 2 is 2.14 bits per heavy atom. The largest absolute Gasteiger partial charge is 0.477 e. The Morgan fingerprint density at radius 1 is 1.48 bits per heavy atom. The molecule has 6 nitrogen and oxygen atoms in total. The lowest BCUT2D eigenvalue weighted by Crippen LogP contribution is -2.55. The summed E-state index contributed by atoms with van der Waals surface area (Å²) in [6, 6.07) is 3.02. The molecule has 1 N–H and O–H groups in total. The van der Waals surface area contributed by atoms with E-state index in [4.69, 9.17) is 14.6 Å². The summed E-state index contributed by atoms with van der Waals surface area (Å²) in [7, 11) is 1.59. The molecule has 1 unspecified atom stereocenters. The first kappa shape index (κ1) is 15.9. The van der Waals surface area contributed by atoms with Crippen LogP contribution in [0.3, 0.4) is 0 Å². The third kappa shape index (κ3) is 3.81. The number of carbonyl (C=O) groups is 2. The molecule has 0 bridgehead atoms. The van der Waals surface area contributed by atoms with Crippen LogP contribution in [0, 0.1) is 0 Å². The minimum absolute atomic E-state index is 0.162. The van der Waals surface area contributed by atoms with Crippen molar-refractivity contribution in [3.05, 3.63) is 21.9 Å². The molecule has 7 heteroatoms. The Bertz CT molecular complexity index is 539. The van der Waals surface area contributed by atoms with Crippen molar-refractivity contribution < 1.29 is 24.2 Å². The van der Waals surface area contributed by atoms with E-state index in [1.165, 1.54) is 6.07 Å². The van der Waals surface area contributed by atoms with Gasteiger partial charge in [-0.25, -0.2) is 4.79 Å². The van der Waals surface area contributed by atoms with Crippen LogP contribution >= 0.6 is 11.3 Å². The van der Waals surface area contributed by atoms with Gasteiger partial charge in [0.1, 0.15) is 4.88 Å². The summed E-state index contributed by atoms with van der Waals surface area (Å²) in [6.45, 7) is 5.17. The molecule has 0 spiro atoms. The molecule has 0 radical (unpaired) electrons. The fraction of sp³-hybridized carbons (Fsp3) is 0.571. The maximum atomic E-state index is 12.5. The summed E-state index contributed by atoms with van der Waals surface area (Å²) >= 11 is 0.995. The van der Waals surface area contributed by atoms with E-state index < -0.39 is 11.6 Å². The normalized spacial score (nSPS) is 21.3. The van der Waals surface area contributed by atoms with Gasteiger partial charge >= 0.3 is 5.97 Å². The number of hydrogen-bond donors (Lipinski definition) is 1. The zero-order valence-corrected chi connectivity index (χ0v) is 13.1. The number of carboxylic acid groups (broad SMARTS) is 1.